The summed E-state index contributed by atoms with van der Waals surface area (Å²) in [4.78, 5) is 2.51. The molecule has 2 spiro atoms. The van der Waals surface area contributed by atoms with Crippen molar-refractivity contribution < 1.29 is 0 Å². The lowest BCUT2D eigenvalue weighted by Gasteiger charge is -2.39. The third-order valence-electron chi connectivity index (χ3n) is 16.4. The van der Waals surface area contributed by atoms with Gasteiger partial charge in [-0.15, -0.1) is 0 Å². The highest BCUT2D eigenvalue weighted by Crippen LogP contribution is 2.65. The summed E-state index contributed by atoms with van der Waals surface area (Å²) in [5.74, 6) is 0. The van der Waals surface area contributed by atoms with E-state index in [-0.39, 0.29) is 0 Å². The van der Waals surface area contributed by atoms with Gasteiger partial charge in [0.05, 0.1) is 27.6 Å². The first kappa shape index (κ1) is 38.0. The first-order chi connectivity index (χ1) is 34.7. The molecule has 0 bridgehead atoms. The van der Waals surface area contributed by atoms with Gasteiger partial charge in [-0.3, -0.25) is 0 Å². The topological polar surface area (TPSA) is 8.17 Å². The van der Waals surface area contributed by atoms with Crippen LogP contribution in [0.25, 0.3) is 72.0 Å². The molecule has 16 rings (SSSR count). The zero-order chi connectivity index (χ0) is 45.7. The van der Waals surface area contributed by atoms with Crippen LogP contribution < -0.4 is 4.90 Å². The lowest BCUT2D eigenvalue weighted by molar-refractivity contribution is 0.748. The Morgan fingerprint density at radius 1 is 0.271 bits per heavy atom. The van der Waals surface area contributed by atoms with Gasteiger partial charge in [0, 0.05) is 27.8 Å². The molecule has 0 saturated carbocycles. The van der Waals surface area contributed by atoms with Crippen LogP contribution in [0, 0.1) is 0 Å². The van der Waals surface area contributed by atoms with Gasteiger partial charge in [0.1, 0.15) is 0 Å². The highest BCUT2D eigenvalue weighted by Gasteiger charge is 2.53. The van der Waals surface area contributed by atoms with Crippen molar-refractivity contribution in [3.05, 3.63) is 299 Å². The second-order valence-electron chi connectivity index (χ2n) is 19.5. The molecule has 0 saturated heterocycles. The molecule has 0 amide bonds. The Bertz CT molecular complexity index is 4150. The van der Waals surface area contributed by atoms with Crippen LogP contribution in [-0.2, 0) is 10.8 Å². The Morgan fingerprint density at radius 2 is 0.743 bits per heavy atom. The van der Waals surface area contributed by atoms with Crippen molar-refractivity contribution in [2.75, 3.05) is 4.90 Å². The summed E-state index contributed by atoms with van der Waals surface area (Å²) in [6, 6.07) is 96.0. The molecule has 1 atom stereocenters. The van der Waals surface area contributed by atoms with Crippen LogP contribution in [0.1, 0.15) is 44.5 Å². The van der Waals surface area contributed by atoms with Gasteiger partial charge in [0.2, 0.25) is 0 Å². The van der Waals surface area contributed by atoms with Gasteiger partial charge in [0.25, 0.3) is 0 Å². The van der Waals surface area contributed by atoms with Gasteiger partial charge in [-0.1, -0.05) is 206 Å². The molecule has 1 unspecified atom stereocenters. The number of rotatable bonds is 4. The predicted molar refractivity (Wildman–Crippen MR) is 288 cm³/mol. The van der Waals surface area contributed by atoms with Crippen LogP contribution in [0.15, 0.2) is 255 Å². The summed E-state index contributed by atoms with van der Waals surface area (Å²) < 4.78 is 2.52. The van der Waals surface area contributed by atoms with Crippen LogP contribution in [0.4, 0.5) is 17.1 Å². The standard InChI is InChI=1S/C68H42N2/c1-2-18-43(19-3-1)44-20-16-21-45(40-44)69(47-36-38-52-50-24-6-11-30-58(50)67(63(52)42-47)56-28-9-4-22-48(56)49-23-5-10-29-57(49)67)46-37-39-60-55(41-46)51-25-7-12-31-59(51)68(60)61-32-13-15-35-65(61)70-64-34-14-8-26-53(64)54-27-17-33-62(68)66(54)70/h1-42H. The number of fused-ring (bicyclic) bond motifs is 22. The highest BCUT2D eigenvalue weighted by molar-refractivity contribution is 6.13. The molecule has 2 nitrogen and oxygen atoms in total. The van der Waals surface area contributed by atoms with Crippen LogP contribution in [0.2, 0.25) is 0 Å². The average Bonchev–Trinajstić information content (AvgIpc) is 4.13. The van der Waals surface area contributed by atoms with E-state index in [0.29, 0.717) is 0 Å². The number of hydrogen-bond donors (Lipinski definition) is 0. The summed E-state index contributed by atoms with van der Waals surface area (Å²) >= 11 is 0. The van der Waals surface area contributed by atoms with Crippen LogP contribution >= 0.6 is 0 Å². The Hall–Kier alpha value is -8.98. The SMILES string of the molecule is c1ccc(-c2cccc(N(c3ccc4c(c3)-c3ccccc3C43c4ccccc4-n4c5ccccc5c5cccc3c54)c3ccc4c(c3)C3(c5ccccc5-c5ccccc53)c3ccccc3-4)c2)cc1. The summed E-state index contributed by atoms with van der Waals surface area (Å²) in [5.41, 5.74) is 26.9. The Balaban J connectivity index is 0.966. The number of hydrogen-bond acceptors (Lipinski definition) is 1. The van der Waals surface area contributed by atoms with Gasteiger partial charge in [-0.05, 0) is 138 Å². The van der Waals surface area contributed by atoms with E-state index in [0.717, 1.165) is 17.1 Å². The maximum absolute atomic E-state index is 2.52. The zero-order valence-electron chi connectivity index (χ0n) is 38.1. The molecule has 324 valence electrons. The fourth-order valence-corrected chi connectivity index (χ4v) is 13.8. The van der Waals surface area contributed by atoms with E-state index >= 15 is 0 Å². The van der Waals surface area contributed by atoms with E-state index in [2.05, 4.69) is 264 Å². The summed E-state index contributed by atoms with van der Waals surface area (Å²) in [5, 5.41) is 2.57. The van der Waals surface area contributed by atoms with Crippen LogP contribution in [0.5, 0.6) is 0 Å². The minimum absolute atomic E-state index is 0.464. The molecule has 3 aliphatic carbocycles. The molecule has 0 radical (unpaired) electrons. The van der Waals surface area contributed by atoms with Crippen LogP contribution in [0.3, 0.4) is 0 Å². The third-order valence-corrected chi connectivity index (χ3v) is 16.4. The van der Waals surface area contributed by atoms with E-state index in [1.807, 2.05) is 0 Å². The molecule has 2 heterocycles. The molecule has 1 aromatic heterocycles. The minimum Gasteiger partial charge on any atom is -0.310 e. The third kappa shape index (κ3) is 4.64. The van der Waals surface area contributed by atoms with Crippen molar-refractivity contribution >= 4 is 38.9 Å². The Kier molecular flexibility index (Phi) is 7.51. The lowest BCUT2D eigenvalue weighted by atomic mass is 9.65. The molecule has 12 aromatic rings. The monoisotopic (exact) mass is 886 g/mol. The number of anilines is 3. The van der Waals surface area contributed by atoms with Crippen molar-refractivity contribution in [1.29, 1.82) is 0 Å². The summed E-state index contributed by atoms with van der Waals surface area (Å²) in [7, 11) is 0. The Morgan fingerprint density at radius 3 is 1.46 bits per heavy atom. The van der Waals surface area contributed by atoms with Gasteiger partial charge in [0.15, 0.2) is 0 Å². The summed E-state index contributed by atoms with van der Waals surface area (Å²) in [6.07, 6.45) is 0. The molecule has 11 aromatic carbocycles. The van der Waals surface area contributed by atoms with Gasteiger partial charge in [-0.2, -0.15) is 0 Å². The first-order valence-electron chi connectivity index (χ1n) is 24.5. The predicted octanol–water partition coefficient (Wildman–Crippen LogP) is 16.9. The van der Waals surface area contributed by atoms with E-state index in [9.17, 15) is 0 Å². The van der Waals surface area contributed by atoms with Crippen molar-refractivity contribution in [1.82, 2.24) is 4.57 Å². The zero-order valence-corrected chi connectivity index (χ0v) is 38.1. The Labute approximate surface area is 406 Å². The lowest BCUT2D eigenvalue weighted by Crippen LogP contribution is -2.33. The molecule has 70 heavy (non-hydrogen) atoms. The van der Waals surface area contributed by atoms with Crippen molar-refractivity contribution in [2.24, 2.45) is 0 Å². The maximum Gasteiger partial charge on any atom is 0.0754 e. The maximum atomic E-state index is 2.52. The van der Waals surface area contributed by atoms with E-state index in [1.54, 1.807) is 0 Å². The van der Waals surface area contributed by atoms with Crippen molar-refractivity contribution in [3.8, 4) is 50.2 Å². The van der Waals surface area contributed by atoms with Crippen LogP contribution in [-0.4, -0.2) is 4.57 Å². The van der Waals surface area contributed by atoms with Gasteiger partial charge in [-0.25, -0.2) is 0 Å². The molecule has 0 fully saturated rings. The fraction of sp³-hybridized carbons (Fsp3) is 0.0294. The molecular formula is C68H42N2. The molecular weight excluding hydrogens is 845 g/mol. The molecule has 0 N–H and O–H groups in total. The molecule has 1 aliphatic heterocycles. The average molecular weight is 887 g/mol. The van der Waals surface area contributed by atoms with E-state index < -0.39 is 10.8 Å². The molecule has 4 aliphatic rings. The number of para-hydroxylation sites is 3. The normalized spacial score (nSPS) is 15.6. The minimum atomic E-state index is -0.530. The van der Waals surface area contributed by atoms with E-state index in [1.165, 1.54) is 117 Å². The largest absolute Gasteiger partial charge is 0.310 e. The number of benzene rings is 11. The smallest absolute Gasteiger partial charge is 0.0754 e. The van der Waals surface area contributed by atoms with Gasteiger partial charge >= 0.3 is 0 Å². The fourth-order valence-electron chi connectivity index (χ4n) is 13.8. The molecule has 2 heteroatoms. The van der Waals surface area contributed by atoms with Gasteiger partial charge < -0.3 is 9.47 Å². The second-order valence-corrected chi connectivity index (χ2v) is 19.5. The second kappa shape index (κ2) is 13.8. The number of aromatic nitrogens is 1. The number of nitrogens with zero attached hydrogens (tertiary/aromatic N) is 2. The van der Waals surface area contributed by atoms with Crippen molar-refractivity contribution in [2.45, 2.75) is 10.8 Å². The quantitative estimate of drug-likeness (QED) is 0.171. The highest BCUT2D eigenvalue weighted by atomic mass is 15.1. The van der Waals surface area contributed by atoms with E-state index in [4.69, 9.17) is 0 Å². The first-order valence-corrected chi connectivity index (χ1v) is 24.5. The van der Waals surface area contributed by atoms with Crippen molar-refractivity contribution in [3.63, 3.8) is 0 Å². The summed E-state index contributed by atoms with van der Waals surface area (Å²) in [6.45, 7) is 0.